The van der Waals surface area contributed by atoms with E-state index in [0.717, 1.165) is 9.13 Å². The lowest BCUT2D eigenvalue weighted by Gasteiger charge is -2.41. The Kier molecular flexibility index (Phi) is 29.5. The summed E-state index contributed by atoms with van der Waals surface area (Å²) in [5.74, 6) is -23.3. The van der Waals surface area contributed by atoms with Crippen molar-refractivity contribution in [2.45, 2.75) is 119 Å². The number of carbonyl (C=O) groups is 3. The molecule has 12 aromatic rings. The number of fused-ring (bicyclic) bond motifs is 3. The molecule has 714 valence electrons. The highest BCUT2D eigenvalue weighted by Crippen LogP contribution is 2.51. The minimum Gasteiger partial charge on any atom is -0.505 e. The SMILES string of the molecule is C=CC(=O)N1CCN(c2c(C#N)c(=O)n(-c3c(C)ccnc3C(C)C)c3nc(-c4c(F)c(Cl)c(Cl)c(O)c4Cl)c(Cl)cc23)C[C@H]1C.C=CC(=O)N1CCN(c2c(C#N)c(=O)n(-c3c(C)ccnc3C(C)C)c3nc(-c4c(O)c(F)c(F)c(F)c4F)c(Cl)cc23)C[C@H]1C.C=CC(=O)N1CCN(c2c(C#N)c(=O)n(-c3c(C)ccnc3C(C)C)c3nc(-c4c(O)c(F)c(F)c(F)c4F)c(Cl)cc23)C[C@H]1C. The number of nitrogens with zero attached hydrogens (tertiary/aromatic N) is 18. The molecule has 12 heterocycles. The van der Waals surface area contributed by atoms with Crippen LogP contribution in [0.25, 0.3) is 83.9 Å². The molecule has 3 aromatic carbocycles. The van der Waals surface area contributed by atoms with Crippen LogP contribution in [0.3, 0.4) is 0 Å². The number of piperazine rings is 3. The van der Waals surface area contributed by atoms with Gasteiger partial charge in [0.05, 0.1) is 110 Å². The number of halogens is 15. The van der Waals surface area contributed by atoms with Crippen molar-refractivity contribution in [1.82, 2.24) is 58.3 Å². The summed E-state index contributed by atoms with van der Waals surface area (Å²) in [5, 5.41) is 60.6. The summed E-state index contributed by atoms with van der Waals surface area (Å²) in [6.45, 7) is 34.4. The van der Waals surface area contributed by atoms with Crippen molar-refractivity contribution in [2.75, 3.05) is 73.6 Å². The number of pyridine rings is 9. The van der Waals surface area contributed by atoms with E-state index >= 15 is 13.2 Å². The minimum absolute atomic E-state index is 0.0229. The molecule has 0 unspecified atom stereocenters. The van der Waals surface area contributed by atoms with Crippen molar-refractivity contribution in [3.05, 3.63) is 257 Å². The minimum atomic E-state index is -2.23. The van der Waals surface area contributed by atoms with Crippen LogP contribution in [0.4, 0.5) is 56.6 Å². The summed E-state index contributed by atoms with van der Waals surface area (Å²) in [6.07, 6.45) is 8.32. The molecule has 15 rings (SSSR count). The van der Waals surface area contributed by atoms with Gasteiger partial charge < -0.3 is 44.7 Å². The standard InChI is InChI=1S/C32H27Cl4FN6O3.2C32H27ClF4N6O3/c1-6-20(44)42-10-9-41(13-16(42)5)29-17-11-19(33)27(21-22(34)30(45)24(36)23(35)25(21)37)40-31(17)43(32(46)18(29)12-38)28-15(4)7-8-39-26(28)14(2)3;2*1-6-20(44)42-10-9-41(13-16(42)5)29-17-11-19(33)27(21-22(34)23(35)24(36)25(37)30(21)45)40-31(17)43(32(46)18(29)12-38)28-15(4)7-8-39-26(28)14(2)3/h3*6-8,11,14,16,45H,1,9-10,13H2,2-5H3/t3*16-/m111/s1. The van der Waals surface area contributed by atoms with Gasteiger partial charge in [-0.3, -0.25) is 57.4 Å². The van der Waals surface area contributed by atoms with E-state index in [2.05, 4.69) is 50.7 Å². The molecule has 138 heavy (non-hydrogen) atoms. The van der Waals surface area contributed by atoms with E-state index in [-0.39, 0.29) is 190 Å². The molecule has 0 bridgehead atoms. The Morgan fingerprint density at radius 3 is 0.920 bits per heavy atom. The maximum atomic E-state index is 15.7. The summed E-state index contributed by atoms with van der Waals surface area (Å²) in [6, 6.07) is 13.9. The zero-order valence-corrected chi connectivity index (χ0v) is 79.9. The van der Waals surface area contributed by atoms with Crippen LogP contribution < -0.4 is 31.4 Å². The van der Waals surface area contributed by atoms with Crippen LogP contribution >= 0.6 is 69.6 Å². The van der Waals surface area contributed by atoms with Crippen LogP contribution in [-0.2, 0) is 14.4 Å². The highest BCUT2D eigenvalue weighted by Gasteiger charge is 2.40. The van der Waals surface area contributed by atoms with Crippen molar-refractivity contribution in [1.29, 1.82) is 15.8 Å². The van der Waals surface area contributed by atoms with E-state index in [9.17, 15) is 86.2 Å². The Hall–Kier alpha value is -13.8. The number of hydrogen-bond donors (Lipinski definition) is 3. The van der Waals surface area contributed by atoms with Gasteiger partial charge >= 0.3 is 0 Å². The molecule has 3 atom stereocenters. The molecule has 0 saturated carbocycles. The second-order valence-corrected chi connectivity index (χ2v) is 35.9. The molecule has 3 N–H and O–H groups in total. The van der Waals surface area contributed by atoms with Crippen LogP contribution in [0.2, 0.25) is 30.1 Å². The topological polar surface area (TPSA) is 346 Å². The molecule has 0 spiro atoms. The first kappa shape index (κ1) is 102. The number of anilines is 3. The average Bonchev–Trinajstić information content (AvgIpc) is 0.726. The molecular formula is C96H81Cl6F9N18O9. The van der Waals surface area contributed by atoms with Crippen LogP contribution in [0.15, 0.2) is 107 Å². The van der Waals surface area contributed by atoms with Crippen LogP contribution in [0, 0.1) is 107 Å². The third-order valence-corrected chi connectivity index (χ3v) is 26.0. The maximum absolute atomic E-state index is 15.7. The summed E-state index contributed by atoms with van der Waals surface area (Å²) < 4.78 is 135. The summed E-state index contributed by atoms with van der Waals surface area (Å²) in [4.78, 5) is 117. The van der Waals surface area contributed by atoms with Crippen molar-refractivity contribution in [3.8, 4) is 86.3 Å². The molecule has 3 amide bonds. The number of hydrogen-bond acceptors (Lipinski definition) is 21. The van der Waals surface area contributed by atoms with Gasteiger partial charge in [0.25, 0.3) is 16.7 Å². The van der Waals surface area contributed by atoms with Crippen molar-refractivity contribution >= 4 is 137 Å². The predicted molar refractivity (Wildman–Crippen MR) is 508 cm³/mol. The highest BCUT2D eigenvalue weighted by molar-refractivity contribution is 6.46. The molecule has 3 fully saturated rings. The third kappa shape index (κ3) is 17.6. The number of benzene rings is 3. The van der Waals surface area contributed by atoms with E-state index < -0.39 is 139 Å². The molecular weight excluding hydrogens is 1930 g/mol. The molecule has 3 aliphatic heterocycles. The molecule has 3 aliphatic rings. The molecule has 27 nitrogen and oxygen atoms in total. The van der Waals surface area contributed by atoms with Gasteiger partial charge in [-0.05, 0) is 131 Å². The van der Waals surface area contributed by atoms with Gasteiger partial charge in [-0.1, -0.05) is 131 Å². The molecule has 42 heteroatoms. The largest absolute Gasteiger partial charge is 0.505 e. The maximum Gasteiger partial charge on any atom is 0.276 e. The lowest BCUT2D eigenvalue weighted by Crippen LogP contribution is -2.54. The monoisotopic (exact) mass is 2010 g/mol. The average molecular weight is 2010 g/mol. The molecule has 0 aliphatic carbocycles. The Labute approximate surface area is 811 Å². The Bertz CT molecular complexity index is 6790. The number of carbonyl (C=O) groups excluding carboxylic acids is 3. The summed E-state index contributed by atoms with van der Waals surface area (Å²) in [5.41, 5.74) is -3.26. The van der Waals surface area contributed by atoms with E-state index in [1.165, 1.54) is 41.0 Å². The smallest absolute Gasteiger partial charge is 0.276 e. The van der Waals surface area contributed by atoms with Crippen LogP contribution in [-0.4, -0.2) is 168 Å². The Morgan fingerprint density at radius 1 is 0.399 bits per heavy atom. The van der Waals surface area contributed by atoms with Crippen molar-refractivity contribution < 1.29 is 69.2 Å². The number of amides is 3. The van der Waals surface area contributed by atoms with Gasteiger partial charge in [0.15, 0.2) is 46.3 Å². The summed E-state index contributed by atoms with van der Waals surface area (Å²) >= 11 is 38.4. The highest BCUT2D eigenvalue weighted by atomic mass is 35.5. The van der Waals surface area contributed by atoms with Crippen LogP contribution in [0.1, 0.15) is 131 Å². The fourth-order valence-electron chi connectivity index (χ4n) is 17.4. The molecule has 3 saturated heterocycles. The van der Waals surface area contributed by atoms with Crippen molar-refractivity contribution in [2.24, 2.45) is 0 Å². The van der Waals surface area contributed by atoms with Gasteiger partial charge in [-0.2, -0.15) is 24.6 Å². The zero-order chi connectivity index (χ0) is 101. The summed E-state index contributed by atoms with van der Waals surface area (Å²) in [7, 11) is 0. The van der Waals surface area contributed by atoms with E-state index in [1.54, 1.807) is 95.9 Å². The quantitative estimate of drug-likeness (QED) is 0.0371. The Morgan fingerprint density at radius 2 is 0.667 bits per heavy atom. The number of rotatable bonds is 15. The number of aryl methyl sites for hydroxylation is 3. The van der Waals surface area contributed by atoms with Crippen molar-refractivity contribution in [3.63, 3.8) is 0 Å². The second-order valence-electron chi connectivity index (χ2n) is 33.6. The second kappa shape index (κ2) is 40.1. The van der Waals surface area contributed by atoms with E-state index in [4.69, 9.17) is 74.6 Å². The van der Waals surface area contributed by atoms with Crippen LogP contribution in [0.5, 0.6) is 17.2 Å². The predicted octanol–water partition coefficient (Wildman–Crippen LogP) is 19.2. The first-order valence-corrected chi connectivity index (χ1v) is 44.7. The number of phenols is 3. The normalized spacial score (nSPS) is 15.0. The van der Waals surface area contributed by atoms with E-state index in [1.807, 2.05) is 65.5 Å². The lowest BCUT2D eigenvalue weighted by atomic mass is 10.0. The van der Waals surface area contributed by atoms with Gasteiger partial charge in [0.2, 0.25) is 41.0 Å². The Balaban J connectivity index is 0.000000175. The molecule has 0 radical (unpaired) electrons. The fraction of sp³-hybridized carbons (Fsp3) is 0.281. The lowest BCUT2D eigenvalue weighted by molar-refractivity contribution is -0.129. The third-order valence-electron chi connectivity index (χ3n) is 24.0. The van der Waals surface area contributed by atoms with Gasteiger partial charge in [0, 0.05) is 112 Å². The zero-order valence-electron chi connectivity index (χ0n) is 75.4. The number of aromatic hydroxyl groups is 3. The van der Waals surface area contributed by atoms with E-state index in [0.29, 0.717) is 51.4 Å². The van der Waals surface area contributed by atoms with Gasteiger partial charge in [-0.25, -0.2) is 45.7 Å². The number of aromatic nitrogens is 9. The van der Waals surface area contributed by atoms with Gasteiger partial charge in [-0.15, -0.1) is 0 Å². The van der Waals surface area contributed by atoms with Gasteiger partial charge in [0.1, 0.15) is 56.9 Å². The first-order chi connectivity index (χ1) is 65.2. The first-order valence-electron chi connectivity index (χ1n) is 42.4. The fourth-order valence-corrected chi connectivity index (χ4v) is 18.8. The number of phenolic OH excluding ortho intramolecular Hbond substituents is 3. The molecule has 9 aromatic heterocycles. The number of nitriles is 3.